The first kappa shape index (κ1) is 9.21. The maximum Gasteiger partial charge on any atom is 0.123 e. The van der Waals surface area contributed by atoms with Gasteiger partial charge in [-0.2, -0.15) is 0 Å². The topological polar surface area (TPSA) is 35.2 Å². The van der Waals surface area contributed by atoms with Crippen molar-refractivity contribution in [3.8, 4) is 0 Å². The van der Waals surface area contributed by atoms with Gasteiger partial charge in [-0.05, 0) is 23.3 Å². The van der Waals surface area contributed by atoms with Gasteiger partial charge in [0.2, 0.25) is 0 Å². The van der Waals surface area contributed by atoms with Gasteiger partial charge in [0.15, 0.2) is 0 Å². The van der Waals surface area contributed by atoms with Crippen molar-refractivity contribution in [2.45, 2.75) is 12.5 Å². The molecule has 1 aromatic carbocycles. The van der Waals surface area contributed by atoms with Gasteiger partial charge in [-0.15, -0.1) is 0 Å². The molecule has 0 aromatic heterocycles. The number of nitrogens with two attached hydrogens (primary N) is 1. The van der Waals surface area contributed by atoms with E-state index in [4.69, 9.17) is 10.5 Å². The number of benzene rings is 1. The Morgan fingerprint density at radius 3 is 2.93 bits per heavy atom. The fourth-order valence-electron chi connectivity index (χ4n) is 1.54. The molecule has 1 atom stereocenters. The second-order valence-electron chi connectivity index (χ2n) is 3.35. The molecule has 14 heavy (non-hydrogen) atoms. The molecule has 0 fully saturated rings. The first-order valence-corrected chi connectivity index (χ1v) is 4.59. The first-order valence-electron chi connectivity index (χ1n) is 4.59. The van der Waals surface area contributed by atoms with Crippen LogP contribution in [-0.2, 0) is 4.74 Å². The first-order chi connectivity index (χ1) is 6.77. The van der Waals surface area contributed by atoms with Gasteiger partial charge in [0.05, 0.1) is 18.9 Å². The molecule has 2 N–H and O–H groups in total. The Labute approximate surface area is 82.2 Å². The van der Waals surface area contributed by atoms with Gasteiger partial charge in [-0.25, -0.2) is 4.39 Å². The highest BCUT2D eigenvalue weighted by Gasteiger charge is 2.16. The van der Waals surface area contributed by atoms with Gasteiger partial charge >= 0.3 is 0 Å². The normalized spacial score (nSPS) is 17.4. The summed E-state index contributed by atoms with van der Waals surface area (Å²) in [5, 5.41) is 0. The highest BCUT2D eigenvalue weighted by molar-refractivity contribution is 5.28. The molecule has 0 saturated carbocycles. The number of rotatable bonds is 2. The molecule has 0 saturated heterocycles. The van der Waals surface area contributed by atoms with Crippen LogP contribution in [0.3, 0.4) is 0 Å². The fourth-order valence-corrected chi connectivity index (χ4v) is 1.54. The Morgan fingerprint density at radius 2 is 2.29 bits per heavy atom. The van der Waals surface area contributed by atoms with Gasteiger partial charge in [-0.1, -0.05) is 12.1 Å². The molecule has 0 bridgehead atoms. The lowest BCUT2D eigenvalue weighted by Gasteiger charge is -2.11. The van der Waals surface area contributed by atoms with E-state index in [0.29, 0.717) is 6.61 Å². The van der Waals surface area contributed by atoms with Crippen LogP contribution in [-0.4, -0.2) is 6.61 Å². The molecule has 0 radical (unpaired) electrons. The Bertz CT molecular complexity index is 362. The molecule has 1 aliphatic heterocycles. The molecule has 0 spiro atoms. The predicted molar refractivity (Wildman–Crippen MR) is 52.0 cm³/mol. The summed E-state index contributed by atoms with van der Waals surface area (Å²) in [5.74, 6) is -0.252. The molecule has 1 aromatic rings. The van der Waals surface area contributed by atoms with E-state index >= 15 is 0 Å². The lowest BCUT2D eigenvalue weighted by Crippen LogP contribution is -2.12. The van der Waals surface area contributed by atoms with Gasteiger partial charge < -0.3 is 10.5 Å². The molecular weight excluding hydrogens is 181 g/mol. The van der Waals surface area contributed by atoms with Gasteiger partial charge in [-0.3, -0.25) is 0 Å². The third kappa shape index (κ3) is 1.77. The highest BCUT2D eigenvalue weighted by atomic mass is 19.1. The van der Waals surface area contributed by atoms with Crippen molar-refractivity contribution >= 4 is 0 Å². The molecule has 1 aliphatic rings. The smallest absolute Gasteiger partial charge is 0.123 e. The average molecular weight is 193 g/mol. The molecule has 2 rings (SSSR count). The lowest BCUT2D eigenvalue weighted by molar-refractivity contribution is 0.281. The second kappa shape index (κ2) is 3.80. The van der Waals surface area contributed by atoms with Crippen LogP contribution in [0.1, 0.15) is 18.0 Å². The summed E-state index contributed by atoms with van der Waals surface area (Å²) in [6, 6.07) is 6.13. The van der Waals surface area contributed by atoms with Crippen LogP contribution in [0.4, 0.5) is 4.39 Å². The molecule has 1 unspecified atom stereocenters. The third-order valence-corrected chi connectivity index (χ3v) is 2.35. The fraction of sp³-hybridized carbons (Fsp3) is 0.273. The molecular formula is C11H12FNO. The standard InChI is InChI=1S/C11H12FNO/c12-10-3-1-2-8(6-10)11(13)9-4-5-14-7-9/h1-3,6-7,11H,4-5,13H2. The molecule has 0 amide bonds. The summed E-state index contributed by atoms with van der Waals surface area (Å²) in [6.45, 7) is 0.679. The van der Waals surface area contributed by atoms with E-state index in [2.05, 4.69) is 0 Å². The zero-order valence-corrected chi connectivity index (χ0v) is 7.74. The van der Waals surface area contributed by atoms with Gasteiger partial charge in [0, 0.05) is 6.42 Å². The van der Waals surface area contributed by atoms with Crippen LogP contribution in [0.25, 0.3) is 0 Å². The summed E-state index contributed by atoms with van der Waals surface area (Å²) in [6.07, 6.45) is 2.51. The van der Waals surface area contributed by atoms with Crippen LogP contribution in [0.5, 0.6) is 0 Å². The molecule has 2 nitrogen and oxygen atoms in total. The van der Waals surface area contributed by atoms with Crippen molar-refractivity contribution < 1.29 is 9.13 Å². The monoisotopic (exact) mass is 193 g/mol. The van der Waals surface area contributed by atoms with Crippen molar-refractivity contribution in [3.63, 3.8) is 0 Å². The minimum atomic E-state index is -0.252. The van der Waals surface area contributed by atoms with Crippen LogP contribution < -0.4 is 5.73 Å². The Hall–Kier alpha value is -1.35. The maximum absolute atomic E-state index is 12.9. The van der Waals surface area contributed by atoms with Crippen molar-refractivity contribution in [2.75, 3.05) is 6.61 Å². The summed E-state index contributed by atoms with van der Waals surface area (Å²) in [4.78, 5) is 0. The van der Waals surface area contributed by atoms with Gasteiger partial charge in [0.25, 0.3) is 0 Å². The van der Waals surface area contributed by atoms with Crippen LogP contribution in [0, 0.1) is 5.82 Å². The van der Waals surface area contributed by atoms with Crippen molar-refractivity contribution in [1.82, 2.24) is 0 Å². The summed E-state index contributed by atoms with van der Waals surface area (Å²) in [5.41, 5.74) is 7.77. The quantitative estimate of drug-likeness (QED) is 0.780. The van der Waals surface area contributed by atoms with Crippen LogP contribution in [0.2, 0.25) is 0 Å². The van der Waals surface area contributed by atoms with Crippen LogP contribution >= 0.6 is 0 Å². The Kier molecular flexibility index (Phi) is 2.50. The van der Waals surface area contributed by atoms with E-state index in [1.165, 1.54) is 12.1 Å². The average Bonchev–Trinajstić information content (AvgIpc) is 2.69. The van der Waals surface area contributed by atoms with Crippen molar-refractivity contribution in [2.24, 2.45) is 5.73 Å². The highest BCUT2D eigenvalue weighted by Crippen LogP contribution is 2.25. The third-order valence-electron chi connectivity index (χ3n) is 2.35. The van der Waals surface area contributed by atoms with Crippen molar-refractivity contribution in [3.05, 3.63) is 47.5 Å². The van der Waals surface area contributed by atoms with E-state index < -0.39 is 0 Å². The van der Waals surface area contributed by atoms with Gasteiger partial charge in [0.1, 0.15) is 5.82 Å². The summed E-state index contributed by atoms with van der Waals surface area (Å²) >= 11 is 0. The van der Waals surface area contributed by atoms with E-state index in [1.807, 2.05) is 6.07 Å². The SMILES string of the molecule is NC(C1=COCC1)c1cccc(F)c1. The zero-order valence-electron chi connectivity index (χ0n) is 7.74. The van der Waals surface area contributed by atoms with E-state index in [9.17, 15) is 4.39 Å². The zero-order chi connectivity index (χ0) is 9.97. The number of hydrogen-bond acceptors (Lipinski definition) is 2. The Morgan fingerprint density at radius 1 is 1.43 bits per heavy atom. The van der Waals surface area contributed by atoms with Crippen LogP contribution in [0.15, 0.2) is 36.1 Å². The molecule has 1 heterocycles. The maximum atomic E-state index is 12.9. The largest absolute Gasteiger partial charge is 0.501 e. The number of ether oxygens (including phenoxy) is 1. The predicted octanol–water partition coefficient (Wildman–Crippen LogP) is 2.13. The number of halogens is 1. The van der Waals surface area contributed by atoms with E-state index in [-0.39, 0.29) is 11.9 Å². The minimum Gasteiger partial charge on any atom is -0.501 e. The minimum absolute atomic E-state index is 0.242. The van der Waals surface area contributed by atoms with E-state index in [1.54, 1.807) is 12.3 Å². The van der Waals surface area contributed by atoms with E-state index in [0.717, 1.165) is 17.6 Å². The second-order valence-corrected chi connectivity index (χ2v) is 3.35. The lowest BCUT2D eigenvalue weighted by atomic mass is 9.99. The Balaban J connectivity index is 2.22. The molecule has 74 valence electrons. The van der Waals surface area contributed by atoms with Crippen molar-refractivity contribution in [1.29, 1.82) is 0 Å². The number of hydrogen-bond donors (Lipinski definition) is 1. The molecule has 0 aliphatic carbocycles. The summed E-state index contributed by atoms with van der Waals surface area (Å²) in [7, 11) is 0. The molecule has 3 heteroatoms. The summed E-state index contributed by atoms with van der Waals surface area (Å²) < 4.78 is 18.0.